The van der Waals surface area contributed by atoms with Crippen molar-refractivity contribution in [1.82, 2.24) is 5.32 Å². The van der Waals surface area contributed by atoms with E-state index < -0.39 is 8.25 Å². The highest BCUT2D eigenvalue weighted by molar-refractivity contribution is 7.99. The molecule has 1 atom stereocenters. The molecule has 154 valence electrons. The highest BCUT2D eigenvalue weighted by Gasteiger charge is 2.03. The predicted octanol–water partition coefficient (Wildman–Crippen LogP) is 5.72. The SMILES string of the molecule is O=[PH](O)OCCCNCc1ccc(SCCCCCc2ccccc2)c(Cl)c1. The van der Waals surface area contributed by atoms with Crippen LogP contribution >= 0.6 is 31.6 Å². The predicted molar refractivity (Wildman–Crippen MR) is 120 cm³/mol. The Bertz CT molecular complexity index is 718. The van der Waals surface area contributed by atoms with E-state index in [1.165, 1.54) is 24.8 Å². The maximum Gasteiger partial charge on any atom is 0.316 e. The Morgan fingerprint density at radius 2 is 1.86 bits per heavy atom. The molecule has 0 radical (unpaired) electrons. The van der Waals surface area contributed by atoms with Gasteiger partial charge >= 0.3 is 8.25 Å². The summed E-state index contributed by atoms with van der Waals surface area (Å²) in [4.78, 5) is 9.72. The minimum atomic E-state index is -2.81. The summed E-state index contributed by atoms with van der Waals surface area (Å²) < 4.78 is 15.1. The van der Waals surface area contributed by atoms with Crippen molar-refractivity contribution in [3.8, 4) is 0 Å². The fourth-order valence-electron chi connectivity index (χ4n) is 2.80. The number of benzene rings is 2. The third-order valence-electron chi connectivity index (χ3n) is 4.26. The van der Waals surface area contributed by atoms with Gasteiger partial charge in [-0.15, -0.1) is 11.8 Å². The molecule has 28 heavy (non-hydrogen) atoms. The van der Waals surface area contributed by atoms with Crippen LogP contribution < -0.4 is 5.32 Å². The van der Waals surface area contributed by atoms with Crippen molar-refractivity contribution in [2.45, 2.75) is 43.5 Å². The molecule has 0 saturated heterocycles. The largest absolute Gasteiger partial charge is 0.326 e. The lowest BCUT2D eigenvalue weighted by atomic mass is 10.1. The maximum atomic E-state index is 10.4. The van der Waals surface area contributed by atoms with Gasteiger partial charge in [-0.2, -0.15) is 0 Å². The van der Waals surface area contributed by atoms with Crippen LogP contribution in [0, 0.1) is 0 Å². The molecular weight excluding hydrogens is 413 g/mol. The zero-order chi connectivity index (χ0) is 20.0. The number of hydrogen-bond donors (Lipinski definition) is 2. The first-order valence-corrected chi connectivity index (χ1v) is 12.3. The first-order valence-electron chi connectivity index (χ1n) is 9.67. The molecule has 2 N–H and O–H groups in total. The topological polar surface area (TPSA) is 58.6 Å². The molecule has 0 aromatic heterocycles. The maximum absolute atomic E-state index is 10.4. The van der Waals surface area contributed by atoms with E-state index in [1.54, 1.807) is 0 Å². The van der Waals surface area contributed by atoms with E-state index in [4.69, 9.17) is 16.5 Å². The molecule has 2 rings (SSSR count). The van der Waals surface area contributed by atoms with Crippen molar-refractivity contribution < 1.29 is 14.0 Å². The molecule has 0 aliphatic heterocycles. The van der Waals surface area contributed by atoms with Gasteiger partial charge in [0.1, 0.15) is 0 Å². The molecule has 0 bridgehead atoms. The van der Waals surface area contributed by atoms with Crippen LogP contribution in [-0.4, -0.2) is 23.8 Å². The standard InChI is InChI=1S/C21H29ClNO3PS/c22-20-16-19(17-23-13-7-14-26-27(24)25)11-12-21(20)28-15-6-2-5-10-18-8-3-1-4-9-18/h1,3-4,8-9,11-12,16,23,27H,2,5-7,10,13-15,17H2,(H,24,25). The minimum absolute atomic E-state index is 0.295. The van der Waals surface area contributed by atoms with Gasteiger partial charge in [0, 0.05) is 11.4 Å². The van der Waals surface area contributed by atoms with Gasteiger partial charge in [0.15, 0.2) is 0 Å². The Labute approximate surface area is 178 Å². The van der Waals surface area contributed by atoms with E-state index in [-0.39, 0.29) is 0 Å². The molecule has 7 heteroatoms. The highest BCUT2D eigenvalue weighted by Crippen LogP contribution is 2.29. The van der Waals surface area contributed by atoms with E-state index >= 15 is 0 Å². The van der Waals surface area contributed by atoms with Crippen molar-refractivity contribution in [3.63, 3.8) is 0 Å². The normalized spacial score (nSPS) is 12.2. The quantitative estimate of drug-likeness (QED) is 0.223. The number of thioether (sulfide) groups is 1. The number of unbranched alkanes of at least 4 members (excludes halogenated alkanes) is 2. The van der Waals surface area contributed by atoms with Crippen LogP contribution in [0.3, 0.4) is 0 Å². The first kappa shape index (κ1) is 23.5. The van der Waals surface area contributed by atoms with Crippen molar-refractivity contribution in [2.24, 2.45) is 0 Å². The Hall–Kier alpha value is -0.810. The average molecular weight is 442 g/mol. The van der Waals surface area contributed by atoms with Gasteiger partial charge in [-0.25, -0.2) is 0 Å². The summed E-state index contributed by atoms with van der Waals surface area (Å²) in [5.74, 6) is 1.08. The van der Waals surface area contributed by atoms with Gasteiger partial charge in [0.2, 0.25) is 0 Å². The molecule has 0 fully saturated rings. The summed E-state index contributed by atoms with van der Waals surface area (Å²) in [7, 11) is -2.81. The van der Waals surface area contributed by atoms with E-state index in [0.29, 0.717) is 13.0 Å². The van der Waals surface area contributed by atoms with Crippen LogP contribution in [0.2, 0.25) is 5.02 Å². The second kappa shape index (κ2) is 14.2. The fourth-order valence-corrected chi connectivity index (χ4v) is 4.41. The van der Waals surface area contributed by atoms with Gasteiger partial charge in [-0.1, -0.05) is 54.4 Å². The summed E-state index contributed by atoms with van der Waals surface area (Å²) in [6.45, 7) is 1.74. The number of halogens is 1. The van der Waals surface area contributed by atoms with Gasteiger partial charge in [0.25, 0.3) is 0 Å². The van der Waals surface area contributed by atoms with E-state index in [0.717, 1.165) is 40.7 Å². The zero-order valence-electron chi connectivity index (χ0n) is 16.0. The summed E-state index contributed by atoms with van der Waals surface area (Å²) in [6.07, 6.45) is 5.50. The highest BCUT2D eigenvalue weighted by atomic mass is 35.5. The Morgan fingerprint density at radius 1 is 1.04 bits per heavy atom. The van der Waals surface area contributed by atoms with Crippen LogP contribution in [0.4, 0.5) is 0 Å². The van der Waals surface area contributed by atoms with Crippen LogP contribution in [0.5, 0.6) is 0 Å². The second-order valence-corrected chi connectivity index (χ2v) is 8.92. The molecule has 0 spiro atoms. The number of aryl methyl sites for hydroxylation is 1. The summed E-state index contributed by atoms with van der Waals surface area (Å²) in [5, 5.41) is 4.09. The second-order valence-electron chi connectivity index (χ2n) is 6.55. The average Bonchev–Trinajstić information content (AvgIpc) is 2.69. The molecule has 2 aromatic carbocycles. The van der Waals surface area contributed by atoms with E-state index in [1.807, 2.05) is 17.8 Å². The fraction of sp³-hybridized carbons (Fsp3) is 0.429. The third kappa shape index (κ3) is 10.1. The monoisotopic (exact) mass is 441 g/mol. The molecule has 2 aromatic rings. The van der Waals surface area contributed by atoms with Crippen molar-refractivity contribution in [2.75, 3.05) is 18.9 Å². The lowest BCUT2D eigenvalue weighted by Crippen LogP contribution is -2.15. The summed E-state index contributed by atoms with van der Waals surface area (Å²) >= 11 is 8.24. The lowest BCUT2D eigenvalue weighted by Gasteiger charge is -2.09. The smallest absolute Gasteiger partial charge is 0.316 e. The third-order valence-corrected chi connectivity index (χ3v) is 6.29. The van der Waals surface area contributed by atoms with E-state index in [9.17, 15) is 4.57 Å². The van der Waals surface area contributed by atoms with Crippen LogP contribution in [0.15, 0.2) is 53.4 Å². The van der Waals surface area contributed by atoms with Gasteiger partial charge in [-0.3, -0.25) is 4.57 Å². The molecule has 1 unspecified atom stereocenters. The Balaban J connectivity index is 1.58. The van der Waals surface area contributed by atoms with E-state index in [2.05, 4.69) is 52.3 Å². The molecule has 0 saturated carbocycles. The number of hydrogen-bond acceptors (Lipinski definition) is 4. The Kier molecular flexibility index (Phi) is 11.9. The summed E-state index contributed by atoms with van der Waals surface area (Å²) in [5.41, 5.74) is 2.55. The number of rotatable bonds is 14. The molecule has 4 nitrogen and oxygen atoms in total. The zero-order valence-corrected chi connectivity index (χ0v) is 18.6. The van der Waals surface area contributed by atoms with Crippen molar-refractivity contribution in [1.29, 1.82) is 0 Å². The Morgan fingerprint density at radius 3 is 2.61 bits per heavy atom. The molecule has 0 amide bonds. The van der Waals surface area contributed by atoms with Crippen molar-refractivity contribution >= 4 is 31.6 Å². The number of nitrogens with one attached hydrogen (secondary N) is 1. The van der Waals surface area contributed by atoms with Gasteiger partial charge in [-0.05, 0) is 61.2 Å². The van der Waals surface area contributed by atoms with Gasteiger partial charge in [0.05, 0.1) is 11.6 Å². The molecule has 0 aliphatic rings. The molecular formula is C21H29ClNO3PS. The molecule has 0 heterocycles. The van der Waals surface area contributed by atoms with Gasteiger partial charge < -0.3 is 14.7 Å². The minimum Gasteiger partial charge on any atom is -0.326 e. The first-order chi connectivity index (χ1) is 13.6. The van der Waals surface area contributed by atoms with Crippen LogP contribution in [0.1, 0.15) is 36.8 Å². The van der Waals surface area contributed by atoms with Crippen LogP contribution in [0.25, 0.3) is 0 Å². The lowest BCUT2D eigenvalue weighted by molar-refractivity contribution is 0.276. The van der Waals surface area contributed by atoms with Crippen molar-refractivity contribution in [3.05, 3.63) is 64.7 Å². The van der Waals surface area contributed by atoms with Crippen LogP contribution in [-0.2, 0) is 22.1 Å². The summed E-state index contributed by atoms with van der Waals surface area (Å²) in [6, 6.07) is 16.8. The molecule has 0 aliphatic carbocycles.